The lowest BCUT2D eigenvalue weighted by Gasteiger charge is -2.18. The van der Waals surface area contributed by atoms with Crippen LogP contribution in [0.3, 0.4) is 0 Å². The van der Waals surface area contributed by atoms with Gasteiger partial charge in [-0.15, -0.1) is 0 Å². The average molecular weight is 937 g/mol. The van der Waals surface area contributed by atoms with Gasteiger partial charge in [0.1, 0.15) is 0 Å². The molecule has 0 rings (SSSR count). The fourth-order valence-corrected chi connectivity index (χ4v) is 19.6. The summed E-state index contributed by atoms with van der Waals surface area (Å²) < 4.78 is 48.0. The Labute approximate surface area is 368 Å². The molecule has 0 aromatic heterocycles. The van der Waals surface area contributed by atoms with Crippen molar-refractivity contribution >= 4 is 53.2 Å². The molecule has 0 aromatic rings. The van der Waals surface area contributed by atoms with Crippen molar-refractivity contribution in [1.29, 1.82) is 0 Å². The van der Waals surface area contributed by atoms with Crippen molar-refractivity contribution in [2.24, 2.45) is 47.3 Å². The Kier molecular flexibility index (Phi) is 59.3. The van der Waals surface area contributed by atoms with Crippen LogP contribution in [0.1, 0.15) is 136 Å². The highest BCUT2D eigenvalue weighted by Gasteiger charge is 2.22. The fraction of sp³-hybridized carbons (Fsp3) is 0.909. The smallest absolute Gasteiger partial charge is 0.324 e. The second-order valence-electron chi connectivity index (χ2n) is 18.6. The maximum Gasteiger partial charge on any atom is 0.373 e. The zero-order chi connectivity index (χ0) is 49.9. The molecule has 360 valence electrons. The molecule has 16 heteroatoms. The standard InChI is InChI=1S/4C10H23OP.4CO2/c4*1-6-10(4)8-12(5,11)7-9(2)3;4*2-1-3/h4*9-10H,6-8H2,1-5H3;;;;/t4*10?,12-;;;;/m1100..../s1. The maximum absolute atomic E-state index is 12.0. The lowest BCUT2D eigenvalue weighted by atomic mass is 10.2. The Morgan fingerprint density at radius 2 is 0.383 bits per heavy atom. The van der Waals surface area contributed by atoms with Crippen LogP contribution in [0.5, 0.6) is 0 Å². The summed E-state index contributed by atoms with van der Waals surface area (Å²) in [5.74, 6) is 4.79. The number of carbonyl (C=O) groups excluding carboxylic acids is 8. The SMILES string of the molecule is CCC(C)C[P@@](C)(=O)CC(C)C.CCC(C)C[P@@](C)(=O)CC(C)C.CCC(C)C[P@](C)(=O)CC(C)C.CCC(C)C[P@](C)(=O)CC(C)C.O=C=O.O=C=O.O=C=O.O=C=O. The Morgan fingerprint density at radius 3 is 0.450 bits per heavy atom. The molecule has 0 amide bonds. The predicted molar refractivity (Wildman–Crippen MR) is 250 cm³/mol. The molecule has 0 aliphatic heterocycles. The summed E-state index contributed by atoms with van der Waals surface area (Å²) in [6, 6.07) is 0. The predicted octanol–water partition coefficient (Wildman–Crippen LogP) is 12.4. The van der Waals surface area contributed by atoms with E-state index in [1.807, 2.05) is 26.7 Å². The first kappa shape index (κ1) is 75.8. The van der Waals surface area contributed by atoms with Gasteiger partial charge in [0.25, 0.3) is 0 Å². The second kappa shape index (κ2) is 46.9. The van der Waals surface area contributed by atoms with Crippen LogP contribution in [0.15, 0.2) is 0 Å². The van der Waals surface area contributed by atoms with Gasteiger partial charge in [0.15, 0.2) is 0 Å². The number of hydrogen-bond donors (Lipinski definition) is 0. The molecule has 0 saturated carbocycles. The Bertz CT molecular complexity index is 1120. The highest BCUT2D eigenvalue weighted by atomic mass is 31.2. The van der Waals surface area contributed by atoms with Gasteiger partial charge in [-0.1, -0.05) is 136 Å². The van der Waals surface area contributed by atoms with Crippen molar-refractivity contribution in [3.05, 3.63) is 0 Å². The van der Waals surface area contributed by atoms with E-state index in [4.69, 9.17) is 38.4 Å². The minimum Gasteiger partial charge on any atom is -0.324 e. The molecule has 0 aromatic carbocycles. The third-order valence-corrected chi connectivity index (χ3v) is 20.2. The zero-order valence-corrected chi connectivity index (χ0v) is 45.4. The summed E-state index contributed by atoms with van der Waals surface area (Å²) in [6.45, 7) is 42.4. The molecule has 0 fully saturated rings. The van der Waals surface area contributed by atoms with Gasteiger partial charge in [0, 0.05) is 49.3 Å². The first-order chi connectivity index (χ1) is 27.1. The minimum atomic E-state index is -1.82. The van der Waals surface area contributed by atoms with Crippen LogP contribution in [-0.2, 0) is 56.6 Å². The molecule has 0 aliphatic carbocycles. The van der Waals surface area contributed by atoms with Gasteiger partial charge in [-0.05, 0) is 74.0 Å². The first-order valence-electron chi connectivity index (χ1n) is 21.3. The van der Waals surface area contributed by atoms with Crippen LogP contribution in [-0.4, -0.2) is 101 Å². The van der Waals surface area contributed by atoms with E-state index in [2.05, 4.69) is 111 Å². The van der Waals surface area contributed by atoms with E-state index >= 15 is 0 Å². The lowest BCUT2D eigenvalue weighted by molar-refractivity contribution is -0.193. The summed E-state index contributed by atoms with van der Waals surface area (Å²) in [5, 5.41) is 0. The molecule has 12 nitrogen and oxygen atoms in total. The quantitative estimate of drug-likeness (QED) is 0.105. The van der Waals surface area contributed by atoms with Crippen molar-refractivity contribution in [3.63, 3.8) is 0 Å². The van der Waals surface area contributed by atoms with E-state index in [1.165, 1.54) is 0 Å². The summed E-state index contributed by atoms with van der Waals surface area (Å²) in [6.07, 6.45) is 13.0. The molecule has 0 N–H and O–H groups in total. The van der Waals surface area contributed by atoms with Gasteiger partial charge in [-0.25, -0.2) is 0 Å². The highest BCUT2D eigenvalue weighted by Crippen LogP contribution is 2.47. The third-order valence-electron chi connectivity index (χ3n) is 8.58. The molecule has 0 spiro atoms. The van der Waals surface area contributed by atoms with Gasteiger partial charge >= 0.3 is 24.6 Å². The van der Waals surface area contributed by atoms with E-state index in [-0.39, 0.29) is 24.6 Å². The molecular weight excluding hydrogens is 844 g/mol. The molecular formula is C44H92O12P4. The van der Waals surface area contributed by atoms with Crippen molar-refractivity contribution in [2.75, 3.05) is 76.0 Å². The Balaban J connectivity index is -0.0000000916. The minimum absolute atomic E-state index is 0.250. The fourth-order valence-electron chi connectivity index (χ4n) is 6.54. The van der Waals surface area contributed by atoms with Crippen molar-refractivity contribution in [3.8, 4) is 0 Å². The molecule has 60 heavy (non-hydrogen) atoms. The Hall–Kier alpha value is -1.56. The summed E-state index contributed by atoms with van der Waals surface area (Å²) >= 11 is 0. The van der Waals surface area contributed by atoms with Crippen LogP contribution in [0.2, 0.25) is 0 Å². The molecule has 0 bridgehead atoms. The van der Waals surface area contributed by atoms with E-state index in [1.54, 1.807) is 0 Å². The van der Waals surface area contributed by atoms with E-state index < -0.39 is 28.6 Å². The van der Waals surface area contributed by atoms with Gasteiger partial charge in [-0.3, -0.25) is 0 Å². The highest BCUT2D eigenvalue weighted by molar-refractivity contribution is 7.64. The van der Waals surface area contributed by atoms with Crippen LogP contribution in [0.25, 0.3) is 0 Å². The largest absolute Gasteiger partial charge is 0.373 e. The van der Waals surface area contributed by atoms with Crippen molar-refractivity contribution in [1.82, 2.24) is 0 Å². The van der Waals surface area contributed by atoms with Crippen LogP contribution in [0.4, 0.5) is 0 Å². The van der Waals surface area contributed by atoms with Crippen LogP contribution >= 0.6 is 28.6 Å². The van der Waals surface area contributed by atoms with Crippen molar-refractivity contribution in [2.45, 2.75) is 136 Å². The normalized spacial score (nSPS) is 15.9. The van der Waals surface area contributed by atoms with Gasteiger partial charge in [-0.2, -0.15) is 38.4 Å². The topological polar surface area (TPSA) is 205 Å². The third kappa shape index (κ3) is 80.4. The van der Waals surface area contributed by atoms with Crippen molar-refractivity contribution < 1.29 is 56.6 Å². The van der Waals surface area contributed by atoms with E-state index in [9.17, 15) is 18.3 Å². The van der Waals surface area contributed by atoms with Crippen LogP contribution < -0.4 is 0 Å². The van der Waals surface area contributed by atoms with Gasteiger partial charge < -0.3 is 18.3 Å². The van der Waals surface area contributed by atoms with Crippen LogP contribution in [0, 0.1) is 47.3 Å². The summed E-state index contributed by atoms with van der Waals surface area (Å²) in [4.78, 5) is 65.0. The molecule has 0 saturated heterocycles. The lowest BCUT2D eigenvalue weighted by Crippen LogP contribution is -2.06. The molecule has 0 aliphatic rings. The second-order valence-corrected chi connectivity index (χ2v) is 31.9. The zero-order valence-electron chi connectivity index (χ0n) is 41.8. The average Bonchev–Trinajstić information content (AvgIpc) is 3.03. The van der Waals surface area contributed by atoms with E-state index in [0.717, 1.165) is 75.0 Å². The van der Waals surface area contributed by atoms with E-state index in [0.29, 0.717) is 47.3 Å². The molecule has 0 heterocycles. The molecule has 0 radical (unpaired) electrons. The molecule has 8 atom stereocenters. The van der Waals surface area contributed by atoms with Gasteiger partial charge in [0.2, 0.25) is 0 Å². The summed E-state index contributed by atoms with van der Waals surface area (Å²) in [7, 11) is -7.29. The maximum atomic E-state index is 12.0. The number of hydrogen-bond acceptors (Lipinski definition) is 12. The molecule has 4 unspecified atom stereocenters. The van der Waals surface area contributed by atoms with Gasteiger partial charge in [0.05, 0.1) is 28.6 Å². The monoisotopic (exact) mass is 937 g/mol. The first-order valence-corrected chi connectivity index (χ1v) is 31.4. The Morgan fingerprint density at radius 1 is 0.283 bits per heavy atom. The summed E-state index contributed by atoms with van der Waals surface area (Å²) in [5.41, 5.74) is 0. The number of rotatable bonds is 20.